The van der Waals surface area contributed by atoms with E-state index in [1.54, 1.807) is 6.92 Å². The minimum atomic E-state index is -1.74. The Morgan fingerprint density at radius 2 is 1.54 bits per heavy atom. The van der Waals surface area contributed by atoms with Gasteiger partial charge < -0.3 is 30.3 Å². The summed E-state index contributed by atoms with van der Waals surface area (Å²) in [7, 11) is 0. The lowest BCUT2D eigenvalue weighted by Gasteiger charge is -2.68. The van der Waals surface area contributed by atoms with Gasteiger partial charge in [-0.3, -0.25) is 4.79 Å². The lowest BCUT2D eigenvalue weighted by Crippen LogP contribution is -2.77. The van der Waals surface area contributed by atoms with E-state index in [9.17, 15) is 30.3 Å². The van der Waals surface area contributed by atoms with Gasteiger partial charge in [-0.2, -0.15) is 0 Å². The third kappa shape index (κ3) is 3.88. The van der Waals surface area contributed by atoms with Crippen molar-refractivity contribution in [2.45, 2.75) is 130 Å². The normalized spacial score (nSPS) is 56.3. The molecule has 7 nitrogen and oxygen atoms in total. The molecule has 7 heteroatoms. The predicted octanol–water partition coefficient (Wildman–Crippen LogP) is 3.53. The van der Waals surface area contributed by atoms with Gasteiger partial charge in [0.1, 0.15) is 11.7 Å². The fourth-order valence-corrected chi connectivity index (χ4v) is 11.4. The number of rotatable bonds is 5. The molecule has 224 valence electrons. The van der Waals surface area contributed by atoms with Crippen LogP contribution in [0, 0.1) is 63.6 Å². The molecule has 0 heterocycles. The molecule has 5 rings (SSSR count). The zero-order valence-electron chi connectivity index (χ0n) is 25.3. The van der Waals surface area contributed by atoms with Crippen molar-refractivity contribution in [1.82, 2.24) is 0 Å². The summed E-state index contributed by atoms with van der Waals surface area (Å²) in [6.45, 7) is 17.1. The Hall–Kier alpha value is -0.730. The summed E-state index contributed by atoms with van der Waals surface area (Å²) in [5, 5.41) is 57.3. The van der Waals surface area contributed by atoms with Crippen LogP contribution in [0.2, 0.25) is 0 Å². The molecule has 0 saturated heterocycles. The Morgan fingerprint density at radius 1 is 0.897 bits per heavy atom. The third-order valence-corrected chi connectivity index (χ3v) is 14.0. The molecule has 39 heavy (non-hydrogen) atoms. The molecule has 16 atom stereocenters. The lowest BCUT2D eigenvalue weighted by atomic mass is 9.40. The van der Waals surface area contributed by atoms with Crippen molar-refractivity contribution in [3.05, 3.63) is 0 Å². The highest BCUT2D eigenvalue weighted by Gasteiger charge is 2.75. The summed E-state index contributed by atoms with van der Waals surface area (Å²) >= 11 is 0. The van der Waals surface area contributed by atoms with Crippen molar-refractivity contribution in [3.63, 3.8) is 0 Å². The highest BCUT2D eigenvalue weighted by Crippen LogP contribution is 2.72. The highest BCUT2D eigenvalue weighted by molar-refractivity contribution is 5.66. The maximum absolute atomic E-state index is 12.5. The smallest absolute Gasteiger partial charge is 0.303 e. The van der Waals surface area contributed by atoms with Crippen molar-refractivity contribution >= 4 is 5.97 Å². The van der Waals surface area contributed by atoms with Crippen LogP contribution in [0.4, 0.5) is 0 Å². The van der Waals surface area contributed by atoms with E-state index in [0.717, 1.165) is 12.8 Å². The molecule has 0 aliphatic heterocycles. The molecule has 5 aliphatic carbocycles. The second kappa shape index (κ2) is 9.39. The van der Waals surface area contributed by atoms with Crippen molar-refractivity contribution in [3.8, 4) is 0 Å². The number of esters is 1. The minimum absolute atomic E-state index is 0.0498. The van der Waals surface area contributed by atoms with Gasteiger partial charge in [0.05, 0.1) is 24.4 Å². The van der Waals surface area contributed by atoms with E-state index in [1.807, 2.05) is 0 Å². The van der Waals surface area contributed by atoms with Gasteiger partial charge in [0, 0.05) is 30.1 Å². The Bertz CT molecular complexity index is 970. The maximum Gasteiger partial charge on any atom is 0.303 e. The largest absolute Gasteiger partial charge is 0.459 e. The van der Waals surface area contributed by atoms with Crippen LogP contribution in [0.3, 0.4) is 0 Å². The number of hydrogen-bond acceptors (Lipinski definition) is 7. The van der Waals surface area contributed by atoms with Gasteiger partial charge in [-0.1, -0.05) is 48.5 Å². The average Bonchev–Trinajstić information content (AvgIpc) is 3.40. The van der Waals surface area contributed by atoms with Gasteiger partial charge in [-0.15, -0.1) is 0 Å². The zero-order valence-corrected chi connectivity index (χ0v) is 25.3. The van der Waals surface area contributed by atoms with Crippen LogP contribution in [-0.4, -0.2) is 67.6 Å². The van der Waals surface area contributed by atoms with E-state index in [2.05, 4.69) is 41.5 Å². The molecule has 0 amide bonds. The first-order chi connectivity index (χ1) is 18.0. The van der Waals surface area contributed by atoms with E-state index < -0.39 is 58.8 Å². The second-order valence-corrected chi connectivity index (χ2v) is 15.6. The van der Waals surface area contributed by atoms with Gasteiger partial charge in [0.15, 0.2) is 0 Å². The summed E-state index contributed by atoms with van der Waals surface area (Å²) in [5.41, 5.74) is -3.19. The molecule has 0 aromatic heterocycles. The Balaban J connectivity index is 1.55. The number of aliphatic hydroxyl groups excluding tert-OH is 4. The van der Waals surface area contributed by atoms with Crippen LogP contribution in [0.25, 0.3) is 0 Å². The first-order valence-electron chi connectivity index (χ1n) is 15.6. The third-order valence-electron chi connectivity index (χ3n) is 14.0. The molecule has 2 unspecified atom stereocenters. The van der Waals surface area contributed by atoms with Crippen molar-refractivity contribution in [1.29, 1.82) is 0 Å². The molecular formula is C32H54O7. The highest BCUT2D eigenvalue weighted by atomic mass is 16.6. The molecule has 5 saturated carbocycles. The predicted molar refractivity (Wildman–Crippen MR) is 147 cm³/mol. The van der Waals surface area contributed by atoms with E-state index in [1.165, 1.54) is 13.3 Å². The summed E-state index contributed by atoms with van der Waals surface area (Å²) in [6.07, 6.45) is -1.63. The number of hydrogen-bond donors (Lipinski definition) is 5. The molecule has 0 aromatic carbocycles. The van der Waals surface area contributed by atoms with Crippen LogP contribution >= 0.6 is 0 Å². The topological polar surface area (TPSA) is 127 Å². The lowest BCUT2D eigenvalue weighted by molar-refractivity contribution is -0.324. The number of fused-ring (bicyclic) bond motifs is 5. The minimum Gasteiger partial charge on any atom is -0.459 e. The fraction of sp³-hybridized carbons (Fsp3) is 0.969. The first-order valence-corrected chi connectivity index (χ1v) is 15.6. The van der Waals surface area contributed by atoms with Crippen LogP contribution in [0.15, 0.2) is 0 Å². The van der Waals surface area contributed by atoms with Gasteiger partial charge in [-0.25, -0.2) is 0 Å². The monoisotopic (exact) mass is 550 g/mol. The van der Waals surface area contributed by atoms with Crippen LogP contribution in [-0.2, 0) is 9.53 Å². The van der Waals surface area contributed by atoms with E-state index in [4.69, 9.17) is 4.74 Å². The quantitative estimate of drug-likeness (QED) is 0.331. The van der Waals surface area contributed by atoms with Crippen molar-refractivity contribution in [2.75, 3.05) is 0 Å². The maximum atomic E-state index is 12.5. The molecule has 5 fully saturated rings. The average molecular weight is 551 g/mol. The van der Waals surface area contributed by atoms with Crippen LogP contribution < -0.4 is 0 Å². The van der Waals surface area contributed by atoms with E-state index in [0.29, 0.717) is 30.1 Å². The summed E-state index contributed by atoms with van der Waals surface area (Å²) in [6, 6.07) is 0. The summed E-state index contributed by atoms with van der Waals surface area (Å²) < 4.78 is 6.06. The fourth-order valence-electron chi connectivity index (χ4n) is 11.4. The van der Waals surface area contributed by atoms with E-state index >= 15 is 0 Å². The van der Waals surface area contributed by atoms with Gasteiger partial charge >= 0.3 is 5.97 Å². The molecular weight excluding hydrogens is 496 g/mol. The SMILES string of the molecule is CC(=O)O[C@@H]1[C@@H](O)[C@H]2[C@@H](C[C@@H](O)[C@@]3(O)C[C@@H](O)C[C@H](O)[C@]23C)[C@@H]2CC[C@H]([C@H](C)C3CC3(C)[C@@H](C)C(C)C)[C@@]12C. The van der Waals surface area contributed by atoms with Gasteiger partial charge in [0.2, 0.25) is 0 Å². The zero-order chi connectivity index (χ0) is 29.0. The molecule has 5 aliphatic rings. The Morgan fingerprint density at radius 3 is 2.13 bits per heavy atom. The number of ether oxygens (including phenoxy) is 1. The van der Waals surface area contributed by atoms with Crippen molar-refractivity contribution < 1.29 is 35.1 Å². The Kier molecular flexibility index (Phi) is 7.16. The van der Waals surface area contributed by atoms with E-state index in [-0.39, 0.29) is 36.0 Å². The number of carbonyl (C=O) groups is 1. The van der Waals surface area contributed by atoms with Crippen molar-refractivity contribution in [2.24, 2.45) is 63.6 Å². The van der Waals surface area contributed by atoms with Gasteiger partial charge in [0.25, 0.3) is 0 Å². The standard InChI is InChI=1S/C32H54O7/c1-15(2)17(4)29(6)14-23(29)16(3)21-9-10-22-20-12-25(36)32(38)13-19(34)11-24(35)31(32,8)26(20)27(37)28(30(21,22)7)39-18(5)33/h15-17,19-28,34-38H,9-14H2,1-8H3/t16-,17-,19-,20-,21+,22-,23?,24-,25+,26+,27-,28+,29?,30+,31+,32-/m0/s1. The van der Waals surface area contributed by atoms with Gasteiger partial charge in [-0.05, 0) is 78.9 Å². The number of carbonyl (C=O) groups excluding carboxylic acids is 1. The summed E-state index contributed by atoms with van der Waals surface area (Å²) in [5.74, 6) is 1.35. The molecule has 0 radical (unpaired) electrons. The second-order valence-electron chi connectivity index (χ2n) is 15.6. The molecule has 0 bridgehead atoms. The molecule has 0 aromatic rings. The molecule has 0 spiro atoms. The number of aliphatic hydroxyl groups is 5. The first kappa shape index (κ1) is 29.8. The molecule has 5 N–H and O–H groups in total. The van der Waals surface area contributed by atoms with Crippen LogP contribution in [0.5, 0.6) is 0 Å². The Labute approximate surface area is 234 Å². The van der Waals surface area contributed by atoms with Crippen LogP contribution in [0.1, 0.15) is 93.9 Å². The summed E-state index contributed by atoms with van der Waals surface area (Å²) in [4.78, 5) is 12.5.